The maximum Gasteiger partial charge on any atom is 0.243 e. The molecule has 140 valence electrons. The fraction of sp³-hybridized carbons (Fsp3) is 0.611. The van der Waals surface area contributed by atoms with Gasteiger partial charge in [-0.15, -0.1) is 0 Å². The van der Waals surface area contributed by atoms with Crippen LogP contribution < -0.4 is 10.2 Å². The van der Waals surface area contributed by atoms with Crippen molar-refractivity contribution in [1.82, 2.24) is 4.31 Å². The van der Waals surface area contributed by atoms with E-state index >= 15 is 0 Å². The molecule has 1 heterocycles. The maximum atomic E-state index is 12.9. The van der Waals surface area contributed by atoms with Gasteiger partial charge in [0.2, 0.25) is 15.9 Å². The number of rotatable bonds is 6. The SMILES string of the molecule is CC[C@@H](C)C(=O)Nc1cc(S(=O)(=O)N2CCCCC2)ccc1N(C)C. The lowest BCUT2D eigenvalue weighted by molar-refractivity contribution is -0.119. The lowest BCUT2D eigenvalue weighted by Gasteiger charge is -2.27. The third kappa shape index (κ3) is 4.52. The van der Waals surface area contributed by atoms with Gasteiger partial charge >= 0.3 is 0 Å². The molecule has 2 rings (SSSR count). The van der Waals surface area contributed by atoms with Gasteiger partial charge in [0.25, 0.3) is 0 Å². The predicted molar refractivity (Wildman–Crippen MR) is 101 cm³/mol. The number of hydrogen-bond acceptors (Lipinski definition) is 4. The first-order valence-electron chi connectivity index (χ1n) is 8.89. The molecule has 6 nitrogen and oxygen atoms in total. The number of anilines is 2. The molecule has 1 saturated heterocycles. The highest BCUT2D eigenvalue weighted by atomic mass is 32.2. The number of amides is 1. The molecule has 1 atom stereocenters. The quantitative estimate of drug-likeness (QED) is 0.839. The molecule has 0 aromatic heterocycles. The maximum absolute atomic E-state index is 12.9. The summed E-state index contributed by atoms with van der Waals surface area (Å²) in [6.45, 7) is 4.94. The van der Waals surface area contributed by atoms with Crippen molar-refractivity contribution in [1.29, 1.82) is 0 Å². The van der Waals surface area contributed by atoms with Crippen molar-refractivity contribution in [2.75, 3.05) is 37.4 Å². The van der Waals surface area contributed by atoms with Crippen molar-refractivity contribution in [3.8, 4) is 0 Å². The fourth-order valence-electron chi connectivity index (χ4n) is 2.86. The van der Waals surface area contributed by atoms with Crippen LogP contribution >= 0.6 is 0 Å². The van der Waals surface area contributed by atoms with E-state index in [1.54, 1.807) is 22.5 Å². The van der Waals surface area contributed by atoms with Crippen LogP contribution in [0.3, 0.4) is 0 Å². The van der Waals surface area contributed by atoms with Crippen LogP contribution in [0.25, 0.3) is 0 Å². The monoisotopic (exact) mass is 367 g/mol. The molecule has 1 N–H and O–H groups in total. The Labute approximate surface area is 151 Å². The van der Waals surface area contributed by atoms with Crippen molar-refractivity contribution < 1.29 is 13.2 Å². The van der Waals surface area contributed by atoms with Crippen molar-refractivity contribution in [3.05, 3.63) is 18.2 Å². The molecule has 0 unspecified atom stereocenters. The summed E-state index contributed by atoms with van der Waals surface area (Å²) >= 11 is 0. The number of nitrogens with zero attached hydrogens (tertiary/aromatic N) is 2. The van der Waals surface area contributed by atoms with Gasteiger partial charge in [0.1, 0.15) is 0 Å². The summed E-state index contributed by atoms with van der Waals surface area (Å²) < 4.78 is 27.3. The van der Waals surface area contributed by atoms with Crippen molar-refractivity contribution >= 4 is 27.3 Å². The van der Waals surface area contributed by atoms with E-state index < -0.39 is 10.0 Å². The number of nitrogens with one attached hydrogen (secondary N) is 1. The van der Waals surface area contributed by atoms with Gasteiger partial charge in [0.05, 0.1) is 16.3 Å². The number of sulfonamides is 1. The van der Waals surface area contributed by atoms with Crippen LogP contribution in [0.1, 0.15) is 39.5 Å². The molecule has 0 spiro atoms. The van der Waals surface area contributed by atoms with Crippen molar-refractivity contribution in [2.24, 2.45) is 5.92 Å². The molecule has 25 heavy (non-hydrogen) atoms. The highest BCUT2D eigenvalue weighted by Gasteiger charge is 2.27. The first-order valence-corrected chi connectivity index (χ1v) is 10.3. The molecular weight excluding hydrogens is 338 g/mol. The van der Waals surface area contributed by atoms with Gasteiger partial charge in [-0.2, -0.15) is 4.31 Å². The van der Waals surface area contributed by atoms with Crippen LogP contribution in [-0.2, 0) is 14.8 Å². The lowest BCUT2D eigenvalue weighted by Crippen LogP contribution is -2.35. The van der Waals surface area contributed by atoms with E-state index in [1.165, 1.54) is 0 Å². The number of carbonyl (C=O) groups is 1. The highest BCUT2D eigenvalue weighted by Crippen LogP contribution is 2.30. The smallest absolute Gasteiger partial charge is 0.243 e. The second-order valence-corrected chi connectivity index (χ2v) is 8.77. The average Bonchev–Trinajstić information content (AvgIpc) is 2.61. The molecule has 1 aromatic carbocycles. The molecule has 0 bridgehead atoms. The second-order valence-electron chi connectivity index (χ2n) is 6.84. The Kier molecular flexibility index (Phi) is 6.46. The normalized spacial score (nSPS) is 17.1. The number of hydrogen-bond donors (Lipinski definition) is 1. The van der Waals surface area contributed by atoms with Crippen molar-refractivity contribution in [3.63, 3.8) is 0 Å². The van der Waals surface area contributed by atoms with E-state index in [9.17, 15) is 13.2 Å². The van der Waals surface area contributed by atoms with Crippen LogP contribution in [-0.4, -0.2) is 45.8 Å². The number of carbonyl (C=O) groups excluding carboxylic acids is 1. The van der Waals surface area contributed by atoms with Gasteiger partial charge in [-0.25, -0.2) is 8.42 Å². The topological polar surface area (TPSA) is 69.7 Å². The zero-order chi connectivity index (χ0) is 18.6. The van der Waals surface area contributed by atoms with E-state index in [0.717, 1.165) is 31.4 Å². The fourth-order valence-corrected chi connectivity index (χ4v) is 4.41. The van der Waals surface area contributed by atoms with E-state index in [2.05, 4.69) is 5.32 Å². The van der Waals surface area contributed by atoms with E-state index in [1.807, 2.05) is 32.8 Å². The Morgan fingerprint density at radius 1 is 1.24 bits per heavy atom. The molecule has 1 aromatic rings. The molecule has 7 heteroatoms. The summed E-state index contributed by atoms with van der Waals surface area (Å²) in [7, 11) is 0.211. The molecule has 1 amide bonds. The van der Waals surface area contributed by atoms with Gasteiger partial charge in [0.15, 0.2) is 0 Å². The summed E-state index contributed by atoms with van der Waals surface area (Å²) in [5, 5.41) is 2.89. The lowest BCUT2D eigenvalue weighted by atomic mass is 10.1. The van der Waals surface area contributed by atoms with Crippen LogP contribution in [0, 0.1) is 5.92 Å². The second kappa shape index (κ2) is 8.19. The largest absolute Gasteiger partial charge is 0.376 e. The molecular formula is C18H29N3O3S. The number of benzene rings is 1. The Morgan fingerprint density at radius 3 is 2.44 bits per heavy atom. The first-order chi connectivity index (χ1) is 11.8. The van der Waals surface area contributed by atoms with Crippen molar-refractivity contribution in [2.45, 2.75) is 44.4 Å². The predicted octanol–water partition coefficient (Wildman–Crippen LogP) is 2.91. The molecule has 1 fully saturated rings. The Balaban J connectivity index is 2.37. The third-order valence-corrected chi connectivity index (χ3v) is 6.62. The zero-order valence-electron chi connectivity index (χ0n) is 15.6. The number of piperidine rings is 1. The van der Waals surface area contributed by atoms with Gasteiger partial charge in [-0.05, 0) is 37.5 Å². The summed E-state index contributed by atoms with van der Waals surface area (Å²) in [6, 6.07) is 4.96. The third-order valence-electron chi connectivity index (χ3n) is 4.72. The molecule has 1 aliphatic heterocycles. The van der Waals surface area contributed by atoms with Gasteiger partial charge in [0, 0.05) is 33.1 Å². The molecule has 0 aliphatic carbocycles. The molecule has 0 radical (unpaired) electrons. The molecule has 0 saturated carbocycles. The summed E-state index contributed by atoms with van der Waals surface area (Å²) in [5.74, 6) is -0.226. The summed E-state index contributed by atoms with van der Waals surface area (Å²) in [4.78, 5) is 14.4. The highest BCUT2D eigenvalue weighted by molar-refractivity contribution is 7.89. The van der Waals surface area contributed by atoms with Crippen LogP contribution in [0.4, 0.5) is 11.4 Å². The minimum atomic E-state index is -3.53. The van der Waals surface area contributed by atoms with E-state index in [0.29, 0.717) is 18.8 Å². The average molecular weight is 368 g/mol. The van der Waals surface area contributed by atoms with E-state index in [4.69, 9.17) is 0 Å². The standard InChI is InChI=1S/C18H29N3O3S/c1-5-14(2)18(22)19-16-13-15(9-10-17(16)20(3)4)25(23,24)21-11-7-6-8-12-21/h9-10,13-14H,5-8,11-12H2,1-4H3,(H,19,22)/t14-/m1/s1. The Morgan fingerprint density at radius 2 is 1.88 bits per heavy atom. The van der Waals surface area contributed by atoms with E-state index in [-0.39, 0.29) is 16.7 Å². The van der Waals surface area contributed by atoms with Crippen LogP contribution in [0.5, 0.6) is 0 Å². The first kappa shape index (κ1) is 19.7. The van der Waals surface area contributed by atoms with Gasteiger partial charge in [-0.1, -0.05) is 20.3 Å². The van der Waals surface area contributed by atoms with Gasteiger partial charge in [-0.3, -0.25) is 4.79 Å². The van der Waals surface area contributed by atoms with Crippen LogP contribution in [0.2, 0.25) is 0 Å². The van der Waals surface area contributed by atoms with Crippen LogP contribution in [0.15, 0.2) is 23.1 Å². The Hall–Kier alpha value is -1.60. The Bertz CT molecular complexity index is 710. The minimum Gasteiger partial charge on any atom is -0.376 e. The van der Waals surface area contributed by atoms with Gasteiger partial charge < -0.3 is 10.2 Å². The summed E-state index contributed by atoms with van der Waals surface area (Å²) in [5.41, 5.74) is 1.32. The summed E-state index contributed by atoms with van der Waals surface area (Å²) in [6.07, 6.45) is 3.59. The minimum absolute atomic E-state index is 0.0990. The molecule has 1 aliphatic rings. The zero-order valence-corrected chi connectivity index (χ0v) is 16.4.